The average Bonchev–Trinajstić information content (AvgIpc) is 2.81. The fourth-order valence-corrected chi connectivity index (χ4v) is 1.74. The van der Waals surface area contributed by atoms with Crippen molar-refractivity contribution in [2.24, 2.45) is 0 Å². The fourth-order valence-electron chi connectivity index (χ4n) is 1.74. The normalized spacial score (nSPS) is 11.8. The molecule has 108 valence electrons. The molecule has 0 aliphatic carbocycles. The molecule has 0 fully saturated rings. The summed E-state index contributed by atoms with van der Waals surface area (Å²) in [6, 6.07) is 8.77. The zero-order chi connectivity index (χ0) is 15.0. The van der Waals surface area contributed by atoms with Crippen LogP contribution in [0.4, 0.5) is 13.2 Å². The molecule has 4 nitrogen and oxygen atoms in total. The lowest BCUT2D eigenvalue weighted by Gasteiger charge is -2.04. The maximum absolute atomic E-state index is 12.6. The molecule has 0 unspecified atom stereocenters. The molecule has 0 saturated carbocycles. The number of halogens is 3. The van der Waals surface area contributed by atoms with E-state index in [0.29, 0.717) is 5.75 Å². The Hall–Kier alpha value is -2.70. The summed E-state index contributed by atoms with van der Waals surface area (Å²) < 4.78 is 48.2. The van der Waals surface area contributed by atoms with E-state index in [0.717, 1.165) is 12.1 Å². The van der Waals surface area contributed by atoms with Gasteiger partial charge in [0.15, 0.2) is 5.58 Å². The lowest BCUT2D eigenvalue weighted by atomic mass is 10.2. The maximum atomic E-state index is 12.6. The zero-order valence-electron chi connectivity index (χ0n) is 10.4. The number of hydrogen-bond donors (Lipinski definition) is 1. The topological polar surface area (TPSA) is 55.5 Å². The first-order chi connectivity index (χ1) is 9.91. The van der Waals surface area contributed by atoms with Crippen LogP contribution < -0.4 is 4.74 Å². The van der Waals surface area contributed by atoms with Crippen LogP contribution in [0.25, 0.3) is 11.1 Å². The van der Waals surface area contributed by atoms with Crippen molar-refractivity contribution in [3.05, 3.63) is 48.0 Å². The van der Waals surface area contributed by atoms with Gasteiger partial charge in [0.1, 0.15) is 17.0 Å². The van der Waals surface area contributed by atoms with E-state index in [-0.39, 0.29) is 22.9 Å². The van der Waals surface area contributed by atoms with Crippen LogP contribution in [0.15, 0.2) is 46.9 Å². The largest absolute Gasteiger partial charge is 0.508 e. The smallest absolute Gasteiger partial charge is 0.416 e. The third kappa shape index (κ3) is 2.76. The number of alkyl halides is 3. The number of hydrogen-bond acceptors (Lipinski definition) is 4. The van der Waals surface area contributed by atoms with Crippen LogP contribution in [0.3, 0.4) is 0 Å². The lowest BCUT2D eigenvalue weighted by molar-refractivity contribution is -0.137. The molecule has 1 heterocycles. The molecule has 1 N–H and O–H groups in total. The molecule has 0 saturated heterocycles. The monoisotopic (exact) mass is 295 g/mol. The minimum Gasteiger partial charge on any atom is -0.508 e. The lowest BCUT2D eigenvalue weighted by Crippen LogP contribution is -2.03. The Morgan fingerprint density at radius 1 is 1.05 bits per heavy atom. The number of oxazole rings is 1. The second kappa shape index (κ2) is 4.69. The Morgan fingerprint density at radius 3 is 2.43 bits per heavy atom. The van der Waals surface area contributed by atoms with Crippen LogP contribution in [0, 0.1) is 0 Å². The quantitative estimate of drug-likeness (QED) is 0.764. The number of rotatable bonds is 2. The number of phenols is 1. The van der Waals surface area contributed by atoms with E-state index in [4.69, 9.17) is 14.3 Å². The minimum atomic E-state index is -4.45. The molecule has 0 spiro atoms. The number of phenolic OH excluding ortho intramolecular Hbond substituents is 1. The third-order valence-electron chi connectivity index (χ3n) is 2.74. The molecule has 2 aromatic carbocycles. The predicted octanol–water partition coefficient (Wildman–Crippen LogP) is 4.34. The molecule has 21 heavy (non-hydrogen) atoms. The van der Waals surface area contributed by atoms with Crippen LogP contribution in [0.1, 0.15) is 5.56 Å². The van der Waals surface area contributed by atoms with Gasteiger partial charge in [-0.25, -0.2) is 0 Å². The number of ether oxygens (including phenoxy) is 1. The van der Waals surface area contributed by atoms with Gasteiger partial charge in [-0.1, -0.05) is 0 Å². The van der Waals surface area contributed by atoms with Crippen molar-refractivity contribution in [2.75, 3.05) is 0 Å². The van der Waals surface area contributed by atoms with Gasteiger partial charge < -0.3 is 14.3 Å². The third-order valence-corrected chi connectivity index (χ3v) is 2.74. The van der Waals surface area contributed by atoms with Crippen LogP contribution in [0.2, 0.25) is 0 Å². The Balaban J connectivity index is 1.92. The van der Waals surface area contributed by atoms with E-state index in [2.05, 4.69) is 4.98 Å². The molecule has 1 aromatic heterocycles. The first kappa shape index (κ1) is 13.3. The van der Waals surface area contributed by atoms with Gasteiger partial charge >= 0.3 is 12.3 Å². The number of nitrogens with zero attached hydrogens (tertiary/aromatic N) is 1. The van der Waals surface area contributed by atoms with E-state index in [1.54, 1.807) is 0 Å². The second-order valence-electron chi connectivity index (χ2n) is 4.26. The van der Waals surface area contributed by atoms with Gasteiger partial charge in [0, 0.05) is 0 Å². The van der Waals surface area contributed by atoms with Gasteiger partial charge in [-0.05, 0) is 42.5 Å². The average molecular weight is 295 g/mol. The van der Waals surface area contributed by atoms with Crippen molar-refractivity contribution < 1.29 is 27.4 Å². The molecule has 0 amide bonds. The summed E-state index contributed by atoms with van der Waals surface area (Å²) in [5.74, 6) is 0.408. The van der Waals surface area contributed by atoms with E-state index < -0.39 is 11.7 Å². The minimum absolute atomic E-state index is 0.0152. The van der Waals surface area contributed by atoms with Crippen molar-refractivity contribution in [1.82, 2.24) is 4.98 Å². The molecule has 7 heteroatoms. The molecule has 3 rings (SSSR count). The molecular formula is C14H8F3NO3. The molecule has 0 atom stereocenters. The summed E-state index contributed by atoms with van der Waals surface area (Å²) in [6.45, 7) is 0. The van der Waals surface area contributed by atoms with Crippen LogP contribution in [-0.2, 0) is 6.18 Å². The Kier molecular flexibility index (Phi) is 2.97. The second-order valence-corrected chi connectivity index (χ2v) is 4.26. The Morgan fingerprint density at radius 2 is 1.76 bits per heavy atom. The summed E-state index contributed by atoms with van der Waals surface area (Å²) >= 11 is 0. The highest BCUT2D eigenvalue weighted by Crippen LogP contribution is 2.33. The van der Waals surface area contributed by atoms with Crippen LogP contribution >= 0.6 is 0 Å². The molecule has 3 aromatic rings. The number of fused-ring (bicyclic) bond motifs is 1. The van der Waals surface area contributed by atoms with Crippen molar-refractivity contribution in [3.63, 3.8) is 0 Å². The highest BCUT2D eigenvalue weighted by Gasteiger charge is 2.31. The predicted molar refractivity (Wildman–Crippen MR) is 67.2 cm³/mol. The van der Waals surface area contributed by atoms with Gasteiger partial charge in [0.05, 0.1) is 5.56 Å². The Labute approximate surface area is 116 Å². The molecule has 0 bridgehead atoms. The number of benzene rings is 2. The first-order valence-electron chi connectivity index (χ1n) is 5.86. The van der Waals surface area contributed by atoms with Crippen molar-refractivity contribution in [1.29, 1.82) is 0 Å². The van der Waals surface area contributed by atoms with Gasteiger partial charge in [0.2, 0.25) is 0 Å². The van der Waals surface area contributed by atoms with E-state index in [1.165, 1.54) is 30.3 Å². The van der Waals surface area contributed by atoms with E-state index >= 15 is 0 Å². The molecular weight excluding hydrogens is 287 g/mol. The van der Waals surface area contributed by atoms with Crippen molar-refractivity contribution in [2.45, 2.75) is 6.18 Å². The maximum Gasteiger partial charge on any atom is 0.416 e. The van der Waals surface area contributed by atoms with Crippen LogP contribution in [-0.4, -0.2) is 10.1 Å². The zero-order valence-corrected chi connectivity index (χ0v) is 10.4. The fraction of sp³-hybridized carbons (Fsp3) is 0.0714. The number of aromatic nitrogens is 1. The molecule has 0 radical (unpaired) electrons. The van der Waals surface area contributed by atoms with Gasteiger partial charge in [-0.2, -0.15) is 18.2 Å². The van der Waals surface area contributed by atoms with Gasteiger partial charge in [0.25, 0.3) is 0 Å². The first-order valence-corrected chi connectivity index (χ1v) is 5.86. The molecule has 0 aliphatic rings. The van der Waals surface area contributed by atoms with Gasteiger partial charge in [-0.3, -0.25) is 0 Å². The van der Waals surface area contributed by atoms with E-state index in [1.807, 2.05) is 0 Å². The summed E-state index contributed by atoms with van der Waals surface area (Å²) in [7, 11) is 0. The highest BCUT2D eigenvalue weighted by atomic mass is 19.4. The van der Waals surface area contributed by atoms with Crippen LogP contribution in [0.5, 0.6) is 17.6 Å². The van der Waals surface area contributed by atoms with Gasteiger partial charge in [-0.15, -0.1) is 0 Å². The van der Waals surface area contributed by atoms with E-state index in [9.17, 15) is 13.2 Å². The standard InChI is InChI=1S/C14H8F3NO3/c15-14(16,17)8-1-6-11-12(7-8)21-13(18-11)20-10-4-2-9(19)3-5-10/h1-7,19H. The summed E-state index contributed by atoms with van der Waals surface area (Å²) in [5.41, 5.74) is -0.572. The summed E-state index contributed by atoms with van der Waals surface area (Å²) in [6.07, 6.45) is -4.62. The van der Waals surface area contributed by atoms with Crippen molar-refractivity contribution in [3.8, 4) is 17.6 Å². The molecule has 0 aliphatic heterocycles. The SMILES string of the molecule is Oc1ccc(Oc2nc3ccc(C(F)(F)F)cc3o2)cc1. The number of aromatic hydroxyl groups is 1. The summed E-state index contributed by atoms with van der Waals surface area (Å²) in [4.78, 5) is 3.93. The highest BCUT2D eigenvalue weighted by molar-refractivity contribution is 5.74. The summed E-state index contributed by atoms with van der Waals surface area (Å²) in [5, 5.41) is 9.14. The Bertz CT molecular complexity index is 778. The van der Waals surface area contributed by atoms with Crippen molar-refractivity contribution >= 4 is 11.1 Å².